The Morgan fingerprint density at radius 3 is 1.63 bits per heavy atom. The highest BCUT2D eigenvalue weighted by Crippen LogP contribution is 2.49. The first-order chi connectivity index (χ1) is 19.5. The first-order valence-electron chi connectivity index (χ1n) is 16.3. The Labute approximate surface area is 248 Å². The number of methoxy groups -OCH3 is 1. The molecule has 8 heteroatoms. The number of carbonyl (C=O) groups is 2. The molecule has 0 aliphatic heterocycles. The Balaban J connectivity index is 1.32. The maximum Gasteiger partial charge on any atom is 0.309 e. The van der Waals surface area contributed by atoms with Gasteiger partial charge in [-0.3, -0.25) is 9.59 Å². The van der Waals surface area contributed by atoms with E-state index in [-0.39, 0.29) is 42.9 Å². The number of aliphatic hydroxyl groups excluding tert-OH is 2. The molecule has 0 saturated heterocycles. The molecule has 0 aromatic heterocycles. The van der Waals surface area contributed by atoms with Crippen molar-refractivity contribution in [3.05, 3.63) is 0 Å². The molecule has 3 aliphatic carbocycles. The van der Waals surface area contributed by atoms with Crippen LogP contribution < -0.4 is 0 Å². The predicted molar refractivity (Wildman–Crippen MR) is 157 cm³/mol. The Bertz CT molecular complexity index is 782. The summed E-state index contributed by atoms with van der Waals surface area (Å²) in [4.78, 5) is 24.7. The van der Waals surface area contributed by atoms with Crippen molar-refractivity contribution in [2.24, 2.45) is 35.0 Å². The zero-order valence-electron chi connectivity index (χ0n) is 26.4. The Morgan fingerprint density at radius 1 is 0.707 bits per heavy atom. The molecule has 0 spiro atoms. The van der Waals surface area contributed by atoms with Gasteiger partial charge in [0, 0.05) is 0 Å². The normalized spacial score (nSPS) is 30.9. The van der Waals surface area contributed by atoms with Gasteiger partial charge in [0.05, 0.1) is 50.5 Å². The second-order valence-corrected chi connectivity index (χ2v) is 14.0. The summed E-state index contributed by atoms with van der Waals surface area (Å²) in [5.41, 5.74) is 0.266. The molecule has 3 saturated carbocycles. The van der Waals surface area contributed by atoms with Crippen molar-refractivity contribution in [3.8, 4) is 0 Å². The third kappa shape index (κ3) is 10.5. The van der Waals surface area contributed by atoms with Crippen LogP contribution in [0, 0.1) is 35.0 Å². The van der Waals surface area contributed by atoms with Gasteiger partial charge in [-0.15, -0.1) is 0 Å². The molecule has 2 N–H and O–H groups in total. The number of carbonyl (C=O) groups excluding carboxylic acids is 2. The number of rotatable bonds is 14. The summed E-state index contributed by atoms with van der Waals surface area (Å²) in [6.07, 6.45) is 11.7. The number of hydrogen-bond acceptors (Lipinski definition) is 8. The van der Waals surface area contributed by atoms with E-state index >= 15 is 0 Å². The summed E-state index contributed by atoms with van der Waals surface area (Å²) in [5, 5.41) is 20.5. The van der Waals surface area contributed by atoms with Crippen LogP contribution in [0.5, 0.6) is 0 Å². The highest BCUT2D eigenvalue weighted by molar-refractivity contribution is 5.82. The molecule has 0 radical (unpaired) electrons. The molecular formula is C33H58O8. The van der Waals surface area contributed by atoms with Gasteiger partial charge in [0.25, 0.3) is 0 Å². The fourth-order valence-corrected chi connectivity index (χ4v) is 7.57. The minimum Gasteiger partial charge on any atom is -0.469 e. The lowest BCUT2D eigenvalue weighted by atomic mass is 9.60. The van der Waals surface area contributed by atoms with Crippen LogP contribution in [-0.2, 0) is 28.5 Å². The van der Waals surface area contributed by atoms with Gasteiger partial charge in [0.15, 0.2) is 0 Å². The van der Waals surface area contributed by atoms with E-state index in [2.05, 4.69) is 27.7 Å². The highest BCUT2D eigenvalue weighted by atomic mass is 16.6. The molecule has 0 heterocycles. The van der Waals surface area contributed by atoms with Crippen LogP contribution in [0.3, 0.4) is 0 Å². The summed E-state index contributed by atoms with van der Waals surface area (Å²) in [5.74, 6) is 0.0940. The summed E-state index contributed by atoms with van der Waals surface area (Å²) in [6.45, 7) is 9.61. The minimum absolute atomic E-state index is 0.116. The molecule has 3 aliphatic rings. The van der Waals surface area contributed by atoms with Crippen LogP contribution in [0.2, 0.25) is 0 Å². The smallest absolute Gasteiger partial charge is 0.309 e. The number of hydrogen-bond donors (Lipinski definition) is 2. The molecule has 0 aromatic carbocycles. The highest BCUT2D eigenvalue weighted by Gasteiger charge is 2.41. The molecule has 0 bridgehead atoms. The number of aliphatic hydroxyl groups is 2. The molecule has 8 nitrogen and oxygen atoms in total. The Hall–Kier alpha value is -1.22. The summed E-state index contributed by atoms with van der Waals surface area (Å²) >= 11 is 0. The molecule has 3 fully saturated rings. The monoisotopic (exact) mass is 582 g/mol. The van der Waals surface area contributed by atoms with Crippen molar-refractivity contribution in [2.45, 2.75) is 136 Å². The number of esters is 2. The zero-order valence-corrected chi connectivity index (χ0v) is 26.4. The molecule has 238 valence electrons. The summed E-state index contributed by atoms with van der Waals surface area (Å²) in [6, 6.07) is 0. The fraction of sp³-hybridized carbons (Fsp3) is 0.939. The molecule has 0 aromatic rings. The SMILES string of the molecule is COC(=O)C1CCCCC1C(=O)OCC(O)COC1CCC(C(C)(C)C2CCC(OCC(O)CC(C)C)CC2)CC1. The van der Waals surface area contributed by atoms with Crippen molar-refractivity contribution in [3.63, 3.8) is 0 Å². The zero-order chi connectivity index (χ0) is 30.0. The molecule has 4 unspecified atom stereocenters. The lowest BCUT2D eigenvalue weighted by Crippen LogP contribution is -2.40. The van der Waals surface area contributed by atoms with E-state index in [9.17, 15) is 19.8 Å². The van der Waals surface area contributed by atoms with Gasteiger partial charge in [-0.25, -0.2) is 0 Å². The standard InChI is InChI=1S/C33H58O8/c1-22(2)18-25(34)19-39-27-14-10-23(11-15-27)33(3,4)24-12-16-28(17-13-24)40-20-26(35)21-41-32(37)30-9-7-6-8-29(30)31(36)38-5/h22-30,34-35H,6-21H2,1-5H3. The van der Waals surface area contributed by atoms with Gasteiger partial charge < -0.3 is 29.2 Å². The average Bonchev–Trinajstić information content (AvgIpc) is 2.97. The van der Waals surface area contributed by atoms with Crippen molar-refractivity contribution < 1.29 is 38.7 Å². The van der Waals surface area contributed by atoms with Crippen LogP contribution in [0.1, 0.15) is 111 Å². The van der Waals surface area contributed by atoms with Crippen LogP contribution in [-0.4, -0.2) is 73.5 Å². The molecule has 4 atom stereocenters. The van der Waals surface area contributed by atoms with E-state index in [0.29, 0.717) is 37.2 Å². The minimum atomic E-state index is -0.878. The van der Waals surface area contributed by atoms with Crippen molar-refractivity contribution in [1.82, 2.24) is 0 Å². The lowest BCUT2D eigenvalue weighted by molar-refractivity contribution is -0.164. The third-order valence-corrected chi connectivity index (χ3v) is 10.2. The van der Waals surface area contributed by atoms with E-state index < -0.39 is 23.9 Å². The van der Waals surface area contributed by atoms with Gasteiger partial charge in [0.1, 0.15) is 12.7 Å². The maximum atomic E-state index is 12.6. The van der Waals surface area contributed by atoms with Crippen LogP contribution in [0.15, 0.2) is 0 Å². The molecule has 0 amide bonds. The van der Waals surface area contributed by atoms with E-state index in [0.717, 1.165) is 57.8 Å². The maximum absolute atomic E-state index is 12.6. The first kappa shape index (κ1) is 34.3. The van der Waals surface area contributed by atoms with Gasteiger partial charge in [0.2, 0.25) is 0 Å². The van der Waals surface area contributed by atoms with Crippen molar-refractivity contribution in [2.75, 3.05) is 26.9 Å². The molecular weight excluding hydrogens is 524 g/mol. The molecule has 3 rings (SSSR count). The van der Waals surface area contributed by atoms with Gasteiger partial charge in [-0.05, 0) is 93.8 Å². The Morgan fingerprint density at radius 2 is 1.17 bits per heavy atom. The van der Waals surface area contributed by atoms with E-state index in [1.54, 1.807) is 0 Å². The first-order valence-corrected chi connectivity index (χ1v) is 16.3. The predicted octanol–water partition coefficient (Wildman–Crippen LogP) is 5.45. The van der Waals surface area contributed by atoms with E-state index in [1.807, 2.05) is 0 Å². The van der Waals surface area contributed by atoms with Gasteiger partial charge in [-0.2, -0.15) is 0 Å². The van der Waals surface area contributed by atoms with Crippen molar-refractivity contribution in [1.29, 1.82) is 0 Å². The molecule has 41 heavy (non-hydrogen) atoms. The van der Waals surface area contributed by atoms with Gasteiger partial charge in [-0.1, -0.05) is 40.5 Å². The second kappa shape index (κ2) is 16.6. The van der Waals surface area contributed by atoms with E-state index in [4.69, 9.17) is 18.9 Å². The van der Waals surface area contributed by atoms with Crippen LogP contribution in [0.25, 0.3) is 0 Å². The second-order valence-electron chi connectivity index (χ2n) is 14.0. The fourth-order valence-electron chi connectivity index (χ4n) is 7.57. The van der Waals surface area contributed by atoms with Crippen LogP contribution >= 0.6 is 0 Å². The summed E-state index contributed by atoms with van der Waals surface area (Å²) in [7, 11) is 1.35. The van der Waals surface area contributed by atoms with Gasteiger partial charge >= 0.3 is 11.9 Å². The summed E-state index contributed by atoms with van der Waals surface area (Å²) < 4.78 is 22.4. The Kier molecular flexibility index (Phi) is 13.9. The largest absolute Gasteiger partial charge is 0.469 e. The van der Waals surface area contributed by atoms with E-state index in [1.165, 1.54) is 20.0 Å². The van der Waals surface area contributed by atoms with Crippen molar-refractivity contribution >= 4 is 11.9 Å². The lowest BCUT2D eigenvalue weighted by Gasteiger charge is -2.46. The average molecular weight is 583 g/mol. The third-order valence-electron chi connectivity index (χ3n) is 10.2. The number of ether oxygens (including phenoxy) is 4. The topological polar surface area (TPSA) is 112 Å². The quantitative estimate of drug-likeness (QED) is 0.260. The van der Waals surface area contributed by atoms with Crippen LogP contribution in [0.4, 0.5) is 0 Å².